The third-order valence-corrected chi connectivity index (χ3v) is 5.33. The van der Waals surface area contributed by atoms with Crippen LogP contribution in [0.4, 0.5) is 18.0 Å². The Bertz CT molecular complexity index is 779. The standard InChI is InChI=1S/C21H29F3N4O3/c1-3-25-19(26-14-9-11-28(12-10-14)20(29)30-4-2)27-17-13-16(17)15-7-5-6-8-18(15)31-21(22,23)24/h5-8,14,16-17H,3-4,9-13H2,1-2H3,(H2,25,26,27). The van der Waals surface area contributed by atoms with E-state index in [2.05, 4.69) is 20.4 Å². The van der Waals surface area contributed by atoms with Crippen LogP contribution in [-0.4, -0.2) is 61.6 Å². The fourth-order valence-electron chi connectivity index (χ4n) is 3.78. The maximum Gasteiger partial charge on any atom is 0.573 e. The third kappa shape index (κ3) is 6.67. The maximum absolute atomic E-state index is 12.7. The number of alkyl halides is 3. The van der Waals surface area contributed by atoms with E-state index >= 15 is 0 Å². The van der Waals surface area contributed by atoms with Gasteiger partial charge in [-0.1, -0.05) is 18.2 Å². The van der Waals surface area contributed by atoms with Crippen molar-refractivity contribution < 1.29 is 27.4 Å². The molecule has 2 unspecified atom stereocenters. The predicted octanol–water partition coefficient (Wildman–Crippen LogP) is 3.62. The molecule has 1 aromatic rings. The number of para-hydroxylation sites is 1. The Morgan fingerprint density at radius 1 is 1.19 bits per heavy atom. The second-order valence-corrected chi connectivity index (χ2v) is 7.61. The number of guanidine groups is 1. The van der Waals surface area contributed by atoms with Gasteiger partial charge in [-0.05, 0) is 44.7 Å². The van der Waals surface area contributed by atoms with Crippen LogP contribution in [0.15, 0.2) is 29.3 Å². The normalized spacial score (nSPS) is 22.1. The summed E-state index contributed by atoms with van der Waals surface area (Å²) in [7, 11) is 0. The van der Waals surface area contributed by atoms with Crippen molar-refractivity contribution in [1.82, 2.24) is 15.5 Å². The summed E-state index contributed by atoms with van der Waals surface area (Å²) in [4.78, 5) is 18.0. The largest absolute Gasteiger partial charge is 0.573 e. The van der Waals surface area contributed by atoms with Crippen LogP contribution in [0.25, 0.3) is 0 Å². The number of hydrogen-bond acceptors (Lipinski definition) is 4. The van der Waals surface area contributed by atoms with E-state index in [1.165, 1.54) is 12.1 Å². The third-order valence-electron chi connectivity index (χ3n) is 5.33. The quantitative estimate of drug-likeness (QED) is 0.520. The number of piperidine rings is 1. The highest BCUT2D eigenvalue weighted by atomic mass is 19.4. The number of amides is 1. The maximum atomic E-state index is 12.7. The van der Waals surface area contributed by atoms with Crippen LogP contribution in [0.2, 0.25) is 0 Å². The monoisotopic (exact) mass is 442 g/mol. The van der Waals surface area contributed by atoms with Crippen molar-refractivity contribution in [2.75, 3.05) is 26.2 Å². The minimum Gasteiger partial charge on any atom is -0.450 e. The molecule has 1 saturated carbocycles. The molecule has 1 aromatic carbocycles. The Morgan fingerprint density at radius 2 is 1.90 bits per heavy atom. The fraction of sp³-hybridized carbons (Fsp3) is 0.619. The first-order valence-electron chi connectivity index (χ1n) is 10.6. The number of carbonyl (C=O) groups excluding carboxylic acids is 1. The molecule has 3 rings (SSSR count). The van der Waals surface area contributed by atoms with Crippen LogP contribution >= 0.6 is 0 Å². The second kappa shape index (κ2) is 10.1. The number of rotatable bonds is 6. The summed E-state index contributed by atoms with van der Waals surface area (Å²) in [6.45, 7) is 5.83. The molecule has 2 aliphatic rings. The van der Waals surface area contributed by atoms with Gasteiger partial charge < -0.3 is 25.0 Å². The highest BCUT2D eigenvalue weighted by molar-refractivity contribution is 5.81. The second-order valence-electron chi connectivity index (χ2n) is 7.61. The van der Waals surface area contributed by atoms with E-state index in [1.807, 2.05) is 6.92 Å². The predicted molar refractivity (Wildman–Crippen MR) is 110 cm³/mol. The molecule has 172 valence electrons. The lowest BCUT2D eigenvalue weighted by Gasteiger charge is -2.32. The smallest absolute Gasteiger partial charge is 0.450 e. The zero-order chi connectivity index (χ0) is 22.4. The molecule has 0 bridgehead atoms. The number of hydrogen-bond donors (Lipinski definition) is 2. The molecule has 2 atom stereocenters. The summed E-state index contributed by atoms with van der Waals surface area (Å²) in [5, 5.41) is 6.72. The lowest BCUT2D eigenvalue weighted by Crippen LogP contribution is -2.50. The van der Waals surface area contributed by atoms with Crippen LogP contribution in [-0.2, 0) is 4.74 Å². The lowest BCUT2D eigenvalue weighted by atomic mass is 10.1. The average Bonchev–Trinajstić information content (AvgIpc) is 3.47. The molecule has 0 spiro atoms. The van der Waals surface area contributed by atoms with E-state index < -0.39 is 6.36 Å². The van der Waals surface area contributed by atoms with Crippen molar-refractivity contribution in [3.05, 3.63) is 29.8 Å². The van der Waals surface area contributed by atoms with Gasteiger partial charge in [0.15, 0.2) is 5.96 Å². The first kappa shape index (κ1) is 23.0. The van der Waals surface area contributed by atoms with E-state index in [9.17, 15) is 18.0 Å². The van der Waals surface area contributed by atoms with Crippen molar-refractivity contribution in [2.45, 2.75) is 57.5 Å². The topological polar surface area (TPSA) is 75.2 Å². The van der Waals surface area contributed by atoms with Crippen molar-refractivity contribution in [2.24, 2.45) is 4.99 Å². The van der Waals surface area contributed by atoms with Crippen LogP contribution in [0.5, 0.6) is 5.75 Å². The molecule has 7 nitrogen and oxygen atoms in total. The first-order valence-corrected chi connectivity index (χ1v) is 10.6. The minimum atomic E-state index is -4.72. The molecule has 31 heavy (non-hydrogen) atoms. The van der Waals surface area contributed by atoms with Crippen molar-refractivity contribution in [3.8, 4) is 5.75 Å². The van der Waals surface area contributed by atoms with Gasteiger partial charge in [-0.2, -0.15) is 0 Å². The van der Waals surface area contributed by atoms with Gasteiger partial charge in [-0.25, -0.2) is 4.79 Å². The van der Waals surface area contributed by atoms with E-state index in [-0.39, 0.29) is 29.8 Å². The van der Waals surface area contributed by atoms with E-state index in [1.54, 1.807) is 24.0 Å². The molecule has 1 saturated heterocycles. The van der Waals surface area contributed by atoms with Gasteiger partial charge in [0.25, 0.3) is 0 Å². The summed E-state index contributed by atoms with van der Waals surface area (Å²) >= 11 is 0. The molecule has 1 heterocycles. The highest BCUT2D eigenvalue weighted by Crippen LogP contribution is 2.45. The van der Waals surface area contributed by atoms with Gasteiger partial charge in [0.1, 0.15) is 5.75 Å². The molecule has 2 N–H and O–H groups in total. The molecular formula is C21H29F3N4O3. The fourth-order valence-corrected chi connectivity index (χ4v) is 3.78. The Kier molecular flexibility index (Phi) is 7.50. The average molecular weight is 442 g/mol. The van der Waals surface area contributed by atoms with Crippen molar-refractivity contribution in [3.63, 3.8) is 0 Å². The Balaban J connectivity index is 1.54. The van der Waals surface area contributed by atoms with Gasteiger partial charge >= 0.3 is 12.5 Å². The molecule has 0 radical (unpaired) electrons. The number of likely N-dealkylation sites (tertiary alicyclic amines) is 1. The van der Waals surface area contributed by atoms with E-state index in [4.69, 9.17) is 4.74 Å². The molecule has 1 aliphatic carbocycles. The number of ether oxygens (including phenoxy) is 2. The summed E-state index contributed by atoms with van der Waals surface area (Å²) in [5.74, 6) is 0.407. The van der Waals surface area contributed by atoms with Gasteiger partial charge in [0, 0.05) is 37.6 Å². The SMILES string of the molecule is CCN=C(NC1CCN(C(=O)OCC)CC1)NC1CC1c1ccccc1OC(F)(F)F. The molecule has 1 aliphatic heterocycles. The summed E-state index contributed by atoms with van der Waals surface area (Å²) in [5.41, 5.74) is 0.538. The van der Waals surface area contributed by atoms with Gasteiger partial charge in [0.2, 0.25) is 0 Å². The summed E-state index contributed by atoms with van der Waals surface area (Å²) in [6.07, 6.45) is -2.78. The summed E-state index contributed by atoms with van der Waals surface area (Å²) in [6, 6.07) is 6.39. The summed E-state index contributed by atoms with van der Waals surface area (Å²) < 4.78 is 47.3. The molecule has 2 fully saturated rings. The van der Waals surface area contributed by atoms with Crippen molar-refractivity contribution in [1.29, 1.82) is 0 Å². The highest BCUT2D eigenvalue weighted by Gasteiger charge is 2.42. The Morgan fingerprint density at radius 3 is 2.55 bits per heavy atom. The van der Waals surface area contributed by atoms with Crippen LogP contribution < -0.4 is 15.4 Å². The minimum absolute atomic E-state index is 0.0181. The van der Waals surface area contributed by atoms with Gasteiger partial charge in [0.05, 0.1) is 6.61 Å². The number of benzene rings is 1. The molecule has 10 heteroatoms. The van der Waals surface area contributed by atoms with E-state index in [0.717, 1.165) is 12.8 Å². The Labute approximate surface area is 180 Å². The number of nitrogens with zero attached hydrogens (tertiary/aromatic N) is 2. The van der Waals surface area contributed by atoms with Crippen LogP contribution in [0.1, 0.15) is 44.6 Å². The Hall–Kier alpha value is -2.65. The van der Waals surface area contributed by atoms with E-state index in [0.29, 0.717) is 44.2 Å². The number of nitrogens with one attached hydrogen (secondary N) is 2. The van der Waals surface area contributed by atoms with Gasteiger partial charge in [-0.15, -0.1) is 13.2 Å². The number of aliphatic imine (C=N–C) groups is 1. The molecule has 0 aromatic heterocycles. The van der Waals surface area contributed by atoms with Crippen LogP contribution in [0.3, 0.4) is 0 Å². The lowest BCUT2D eigenvalue weighted by molar-refractivity contribution is -0.274. The first-order chi connectivity index (χ1) is 14.8. The number of carbonyl (C=O) groups is 1. The van der Waals surface area contributed by atoms with Crippen molar-refractivity contribution >= 4 is 12.1 Å². The zero-order valence-electron chi connectivity index (χ0n) is 17.7. The molecule has 1 amide bonds. The number of halogens is 3. The van der Waals surface area contributed by atoms with Crippen LogP contribution in [0, 0.1) is 0 Å². The van der Waals surface area contributed by atoms with Gasteiger partial charge in [-0.3, -0.25) is 4.99 Å². The zero-order valence-corrected chi connectivity index (χ0v) is 17.7. The molecular weight excluding hydrogens is 413 g/mol.